The summed E-state index contributed by atoms with van der Waals surface area (Å²) < 4.78 is 16.9. The number of nitrogens with zero attached hydrogens (tertiary/aromatic N) is 1. The van der Waals surface area contributed by atoms with E-state index >= 15 is 0 Å². The van der Waals surface area contributed by atoms with E-state index in [-0.39, 0.29) is 42.9 Å². The molecule has 2 saturated heterocycles. The predicted octanol–water partition coefficient (Wildman–Crippen LogP) is 1.23. The number of carbonyl (C=O) groups excluding carboxylic acids is 1. The third kappa shape index (κ3) is 7.39. The normalized spacial score (nSPS) is 22.5. The van der Waals surface area contributed by atoms with Crippen molar-refractivity contribution in [3.8, 4) is 5.75 Å². The molecule has 2 N–H and O–H groups in total. The highest BCUT2D eigenvalue weighted by Crippen LogP contribution is 2.18. The molecule has 3 rings (SSSR count). The van der Waals surface area contributed by atoms with E-state index in [4.69, 9.17) is 14.2 Å². The molecule has 2 heterocycles. The van der Waals surface area contributed by atoms with Gasteiger partial charge in [0, 0.05) is 38.3 Å². The smallest absolute Gasteiger partial charge is 0.240 e. The number of halogens is 2. The van der Waals surface area contributed by atoms with Crippen molar-refractivity contribution in [2.24, 2.45) is 0 Å². The molecule has 0 saturated carbocycles. The molecule has 28 heavy (non-hydrogen) atoms. The highest BCUT2D eigenvalue weighted by molar-refractivity contribution is 5.85. The predicted molar refractivity (Wildman–Crippen MR) is 113 cm³/mol. The first kappa shape index (κ1) is 24.9. The van der Waals surface area contributed by atoms with Crippen LogP contribution >= 0.6 is 24.8 Å². The van der Waals surface area contributed by atoms with Gasteiger partial charge in [-0.3, -0.25) is 9.69 Å². The van der Waals surface area contributed by atoms with Gasteiger partial charge in [-0.2, -0.15) is 0 Å². The van der Waals surface area contributed by atoms with Gasteiger partial charge < -0.3 is 24.8 Å². The van der Waals surface area contributed by atoms with Crippen LogP contribution in [0.1, 0.15) is 12.5 Å². The monoisotopic (exact) mass is 435 g/mol. The second-order valence-electron chi connectivity index (χ2n) is 6.64. The van der Waals surface area contributed by atoms with Crippen molar-refractivity contribution in [3.63, 3.8) is 0 Å². The third-order valence-electron chi connectivity index (χ3n) is 4.79. The molecule has 9 heteroatoms. The van der Waals surface area contributed by atoms with E-state index in [9.17, 15) is 4.79 Å². The summed E-state index contributed by atoms with van der Waals surface area (Å²) in [6.07, 6.45) is -0.122. The summed E-state index contributed by atoms with van der Waals surface area (Å²) in [6, 6.07) is 7.54. The summed E-state index contributed by atoms with van der Waals surface area (Å²) in [5.41, 5.74) is 0.979. The number of hydrogen-bond donors (Lipinski definition) is 2. The number of morpholine rings is 2. The Kier molecular flexibility index (Phi) is 11.8. The lowest BCUT2D eigenvalue weighted by molar-refractivity contribution is -0.129. The van der Waals surface area contributed by atoms with Crippen LogP contribution in [0.2, 0.25) is 0 Å². The molecule has 0 unspecified atom stereocenters. The van der Waals surface area contributed by atoms with Crippen molar-refractivity contribution < 1.29 is 19.0 Å². The van der Waals surface area contributed by atoms with Crippen LogP contribution in [-0.4, -0.2) is 75.6 Å². The Morgan fingerprint density at radius 3 is 2.75 bits per heavy atom. The fraction of sp³-hybridized carbons (Fsp3) is 0.632. The van der Waals surface area contributed by atoms with Gasteiger partial charge in [-0.1, -0.05) is 18.2 Å². The molecular formula is C19H31Cl2N3O4. The standard InChI is InChI=1S/C19H29N3O4.2ClH/c1-15-18(20-6-10-25-15)19(23)21-14-16-4-2-3-5-17(16)26-13-9-22-7-11-24-12-8-22;;/h2-5,15,18,20H,6-14H2,1H3,(H,21,23);2*1H/t15-,18+;;/m1../s1. The molecule has 1 amide bonds. The van der Waals surface area contributed by atoms with Gasteiger partial charge in [0.1, 0.15) is 18.4 Å². The summed E-state index contributed by atoms with van der Waals surface area (Å²) in [6.45, 7) is 8.70. The zero-order valence-corrected chi connectivity index (χ0v) is 17.9. The van der Waals surface area contributed by atoms with Gasteiger partial charge in [0.25, 0.3) is 0 Å². The molecule has 0 bridgehead atoms. The minimum absolute atomic E-state index is 0. The van der Waals surface area contributed by atoms with Crippen molar-refractivity contribution in [1.82, 2.24) is 15.5 Å². The topological polar surface area (TPSA) is 72.1 Å². The van der Waals surface area contributed by atoms with Crippen molar-refractivity contribution in [3.05, 3.63) is 29.8 Å². The second kappa shape index (κ2) is 13.2. The lowest BCUT2D eigenvalue weighted by Crippen LogP contribution is -2.55. The number of carbonyl (C=O) groups is 1. The summed E-state index contributed by atoms with van der Waals surface area (Å²) in [4.78, 5) is 14.7. The molecule has 0 spiro atoms. The zero-order chi connectivity index (χ0) is 18.2. The Labute approximate surface area is 179 Å². The molecule has 0 aliphatic carbocycles. The Hall–Kier alpha value is -1.09. The number of rotatable bonds is 7. The van der Waals surface area contributed by atoms with Crippen LogP contribution in [0.25, 0.3) is 0 Å². The third-order valence-corrected chi connectivity index (χ3v) is 4.79. The van der Waals surface area contributed by atoms with Gasteiger partial charge in [0.05, 0.1) is 25.9 Å². The van der Waals surface area contributed by atoms with Crippen molar-refractivity contribution in [2.45, 2.75) is 25.6 Å². The van der Waals surface area contributed by atoms with Crippen LogP contribution < -0.4 is 15.4 Å². The number of ether oxygens (including phenoxy) is 3. The fourth-order valence-electron chi connectivity index (χ4n) is 3.22. The number of nitrogens with one attached hydrogen (secondary N) is 2. The van der Waals surface area contributed by atoms with E-state index < -0.39 is 0 Å². The Morgan fingerprint density at radius 1 is 1.25 bits per heavy atom. The maximum absolute atomic E-state index is 12.4. The minimum atomic E-state index is -0.307. The molecule has 7 nitrogen and oxygen atoms in total. The lowest BCUT2D eigenvalue weighted by Gasteiger charge is -2.29. The summed E-state index contributed by atoms with van der Waals surface area (Å²) >= 11 is 0. The second-order valence-corrected chi connectivity index (χ2v) is 6.64. The SMILES string of the molecule is C[C@H]1OCCN[C@@H]1C(=O)NCc1ccccc1OCCN1CCOCC1.Cl.Cl. The van der Waals surface area contributed by atoms with Crippen molar-refractivity contribution in [2.75, 3.05) is 52.6 Å². The van der Waals surface area contributed by atoms with Crippen LogP contribution in [-0.2, 0) is 20.8 Å². The molecule has 1 aromatic carbocycles. The van der Waals surface area contributed by atoms with Crippen molar-refractivity contribution in [1.29, 1.82) is 0 Å². The Bertz CT molecular complexity index is 588. The first-order valence-electron chi connectivity index (χ1n) is 9.37. The summed E-state index contributed by atoms with van der Waals surface area (Å²) in [5.74, 6) is 0.780. The largest absolute Gasteiger partial charge is 0.492 e. The van der Waals surface area contributed by atoms with Crippen LogP contribution in [0.3, 0.4) is 0 Å². The number of amides is 1. The van der Waals surface area contributed by atoms with E-state index in [0.29, 0.717) is 26.3 Å². The highest BCUT2D eigenvalue weighted by atomic mass is 35.5. The van der Waals surface area contributed by atoms with E-state index in [1.807, 2.05) is 31.2 Å². The zero-order valence-electron chi connectivity index (χ0n) is 16.2. The summed E-state index contributed by atoms with van der Waals surface area (Å²) in [5, 5.41) is 6.20. The molecule has 2 atom stereocenters. The minimum Gasteiger partial charge on any atom is -0.492 e. The van der Waals surface area contributed by atoms with Crippen LogP contribution in [0, 0.1) is 0 Å². The number of para-hydroxylation sites is 1. The van der Waals surface area contributed by atoms with Gasteiger partial charge in [0.2, 0.25) is 5.91 Å². The molecule has 2 aliphatic heterocycles. The first-order valence-corrected chi connectivity index (χ1v) is 9.37. The van der Waals surface area contributed by atoms with E-state index in [2.05, 4.69) is 15.5 Å². The van der Waals surface area contributed by atoms with E-state index in [0.717, 1.165) is 44.2 Å². The van der Waals surface area contributed by atoms with Gasteiger partial charge >= 0.3 is 0 Å². The molecule has 2 aliphatic rings. The first-order chi connectivity index (χ1) is 12.7. The lowest BCUT2D eigenvalue weighted by atomic mass is 10.1. The van der Waals surface area contributed by atoms with Crippen LogP contribution in [0.4, 0.5) is 0 Å². The average Bonchev–Trinajstić information content (AvgIpc) is 2.68. The van der Waals surface area contributed by atoms with E-state index in [1.165, 1.54) is 0 Å². The van der Waals surface area contributed by atoms with Gasteiger partial charge in [-0.05, 0) is 13.0 Å². The van der Waals surface area contributed by atoms with Crippen LogP contribution in [0.5, 0.6) is 5.75 Å². The maximum atomic E-state index is 12.4. The van der Waals surface area contributed by atoms with Gasteiger partial charge in [-0.15, -0.1) is 24.8 Å². The molecule has 1 aromatic rings. The van der Waals surface area contributed by atoms with Crippen molar-refractivity contribution >= 4 is 30.7 Å². The Balaban J connectivity index is 0.00000196. The molecule has 2 fully saturated rings. The Morgan fingerprint density at radius 2 is 2.00 bits per heavy atom. The van der Waals surface area contributed by atoms with Gasteiger partial charge in [-0.25, -0.2) is 0 Å². The average molecular weight is 436 g/mol. The molecule has 0 aromatic heterocycles. The molecular weight excluding hydrogens is 405 g/mol. The van der Waals surface area contributed by atoms with Gasteiger partial charge in [0.15, 0.2) is 0 Å². The van der Waals surface area contributed by atoms with Crippen LogP contribution in [0.15, 0.2) is 24.3 Å². The summed E-state index contributed by atoms with van der Waals surface area (Å²) in [7, 11) is 0. The molecule has 160 valence electrons. The fourth-order valence-corrected chi connectivity index (χ4v) is 3.22. The number of hydrogen-bond acceptors (Lipinski definition) is 6. The molecule has 0 radical (unpaired) electrons. The highest BCUT2D eigenvalue weighted by Gasteiger charge is 2.28. The number of benzene rings is 1. The maximum Gasteiger partial charge on any atom is 0.240 e. The quantitative estimate of drug-likeness (QED) is 0.670. The van der Waals surface area contributed by atoms with E-state index in [1.54, 1.807) is 0 Å².